The zero-order valence-corrected chi connectivity index (χ0v) is 15.5. The molecule has 8 heteroatoms. The summed E-state index contributed by atoms with van der Waals surface area (Å²) in [6.07, 6.45) is 4.21. The molecular formula is C19H19N5O2S. The predicted octanol–water partition coefficient (Wildman–Crippen LogP) is 2.69. The molecule has 1 aromatic carbocycles. The number of nitrogens with one attached hydrogen (secondary N) is 1. The summed E-state index contributed by atoms with van der Waals surface area (Å²) in [6.45, 7) is 2.23. The highest BCUT2D eigenvalue weighted by Crippen LogP contribution is 2.37. The lowest BCUT2D eigenvalue weighted by Crippen LogP contribution is -2.38. The fraction of sp³-hybridized carbons (Fsp3) is 0.368. The van der Waals surface area contributed by atoms with Gasteiger partial charge in [0.25, 0.3) is 5.91 Å². The average molecular weight is 381 g/mol. The van der Waals surface area contributed by atoms with Gasteiger partial charge >= 0.3 is 0 Å². The Morgan fingerprint density at radius 3 is 2.96 bits per heavy atom. The number of hydrogen-bond donors (Lipinski definition) is 1. The molecule has 0 unspecified atom stereocenters. The molecule has 2 aromatic heterocycles. The second kappa shape index (κ2) is 6.86. The maximum atomic E-state index is 12.6. The van der Waals surface area contributed by atoms with Gasteiger partial charge in [0.05, 0.1) is 0 Å². The number of nitrogens with zero attached hydrogens (tertiary/aromatic N) is 4. The van der Waals surface area contributed by atoms with Crippen LogP contribution in [0.2, 0.25) is 0 Å². The Labute approximate surface area is 160 Å². The summed E-state index contributed by atoms with van der Waals surface area (Å²) in [7, 11) is 0. The maximum absolute atomic E-state index is 12.6. The number of anilines is 2. The van der Waals surface area contributed by atoms with Gasteiger partial charge in [-0.05, 0) is 30.9 Å². The SMILES string of the molecule is O=C(NC1CCOCC1)c1nc2c(N3CCc4ccccc43)ncnc2s1. The van der Waals surface area contributed by atoms with Crippen LogP contribution in [0.25, 0.3) is 10.3 Å². The van der Waals surface area contributed by atoms with Crippen molar-refractivity contribution in [1.29, 1.82) is 0 Å². The average Bonchev–Trinajstić information content (AvgIpc) is 3.33. The number of carbonyl (C=O) groups is 1. The van der Waals surface area contributed by atoms with Crippen LogP contribution in [0.1, 0.15) is 28.2 Å². The first kappa shape index (κ1) is 16.6. The zero-order valence-electron chi connectivity index (χ0n) is 14.7. The Morgan fingerprint density at radius 1 is 1.22 bits per heavy atom. The van der Waals surface area contributed by atoms with Crippen LogP contribution in [0.5, 0.6) is 0 Å². The molecule has 0 spiro atoms. The summed E-state index contributed by atoms with van der Waals surface area (Å²) < 4.78 is 5.35. The molecule has 5 rings (SSSR count). The molecule has 1 fully saturated rings. The molecule has 1 N–H and O–H groups in total. The minimum Gasteiger partial charge on any atom is -0.381 e. The molecule has 2 aliphatic rings. The molecule has 27 heavy (non-hydrogen) atoms. The van der Waals surface area contributed by atoms with Crippen molar-refractivity contribution in [2.45, 2.75) is 25.3 Å². The largest absolute Gasteiger partial charge is 0.381 e. The third kappa shape index (κ3) is 3.04. The molecule has 0 radical (unpaired) electrons. The van der Waals surface area contributed by atoms with Crippen molar-refractivity contribution in [3.8, 4) is 0 Å². The summed E-state index contributed by atoms with van der Waals surface area (Å²) in [5, 5.41) is 3.50. The van der Waals surface area contributed by atoms with Gasteiger partial charge in [0.1, 0.15) is 16.7 Å². The van der Waals surface area contributed by atoms with Crippen molar-refractivity contribution in [1.82, 2.24) is 20.3 Å². The highest BCUT2D eigenvalue weighted by molar-refractivity contribution is 7.19. The molecule has 0 atom stereocenters. The minimum absolute atomic E-state index is 0.141. The third-order valence-corrected chi connectivity index (χ3v) is 6.03. The molecule has 7 nitrogen and oxygen atoms in total. The zero-order chi connectivity index (χ0) is 18.2. The standard InChI is InChI=1S/C19H19N5O2S/c25-17(22-13-6-9-26-10-7-13)19-23-15-16(20-11-21-18(15)27-19)24-8-5-12-3-1-2-4-14(12)24/h1-4,11,13H,5-10H2,(H,22,25). The molecule has 0 saturated carbocycles. The van der Waals surface area contributed by atoms with Gasteiger partial charge in [-0.25, -0.2) is 15.0 Å². The number of fused-ring (bicyclic) bond motifs is 2. The van der Waals surface area contributed by atoms with Crippen LogP contribution < -0.4 is 10.2 Å². The van der Waals surface area contributed by atoms with Gasteiger partial charge in [0.15, 0.2) is 10.8 Å². The number of amides is 1. The van der Waals surface area contributed by atoms with Crippen molar-refractivity contribution in [2.75, 3.05) is 24.7 Å². The highest BCUT2D eigenvalue weighted by atomic mass is 32.1. The number of ether oxygens (including phenoxy) is 1. The number of aromatic nitrogens is 3. The number of para-hydroxylation sites is 1. The van der Waals surface area contributed by atoms with Crippen LogP contribution in [0, 0.1) is 0 Å². The van der Waals surface area contributed by atoms with E-state index >= 15 is 0 Å². The molecule has 0 aliphatic carbocycles. The van der Waals surface area contributed by atoms with Crippen LogP contribution in [0.15, 0.2) is 30.6 Å². The monoisotopic (exact) mass is 381 g/mol. The van der Waals surface area contributed by atoms with Crippen molar-refractivity contribution in [3.05, 3.63) is 41.2 Å². The Hall–Kier alpha value is -2.58. The first-order valence-corrected chi connectivity index (χ1v) is 9.97. The predicted molar refractivity (Wildman–Crippen MR) is 104 cm³/mol. The van der Waals surface area contributed by atoms with Crippen LogP contribution in [0.4, 0.5) is 11.5 Å². The van der Waals surface area contributed by atoms with Gasteiger partial charge in [-0.3, -0.25) is 4.79 Å². The highest BCUT2D eigenvalue weighted by Gasteiger charge is 2.26. The Kier molecular flexibility index (Phi) is 4.21. The summed E-state index contributed by atoms with van der Waals surface area (Å²) in [5.74, 6) is 0.629. The van der Waals surface area contributed by atoms with E-state index in [4.69, 9.17) is 4.74 Å². The molecule has 4 heterocycles. The second-order valence-electron chi connectivity index (χ2n) is 6.76. The number of thiazole rings is 1. The smallest absolute Gasteiger partial charge is 0.280 e. The molecular weight excluding hydrogens is 362 g/mol. The Bertz CT molecular complexity index is 999. The number of carbonyl (C=O) groups excluding carboxylic acids is 1. The molecule has 3 aromatic rings. The van der Waals surface area contributed by atoms with Gasteiger partial charge in [-0.1, -0.05) is 29.5 Å². The van der Waals surface area contributed by atoms with E-state index < -0.39 is 0 Å². The third-order valence-electron chi connectivity index (χ3n) is 5.07. The lowest BCUT2D eigenvalue weighted by molar-refractivity contribution is 0.0696. The lowest BCUT2D eigenvalue weighted by Gasteiger charge is -2.22. The quantitative estimate of drug-likeness (QED) is 0.751. The molecule has 1 saturated heterocycles. The topological polar surface area (TPSA) is 80.2 Å². The van der Waals surface area contributed by atoms with E-state index in [1.54, 1.807) is 6.33 Å². The maximum Gasteiger partial charge on any atom is 0.280 e. The summed E-state index contributed by atoms with van der Waals surface area (Å²) in [4.78, 5) is 29.0. The van der Waals surface area contributed by atoms with E-state index in [0.29, 0.717) is 23.7 Å². The number of rotatable bonds is 3. The fourth-order valence-electron chi connectivity index (χ4n) is 3.68. The van der Waals surface area contributed by atoms with Gasteiger partial charge in [-0.2, -0.15) is 0 Å². The molecule has 0 bridgehead atoms. The van der Waals surface area contributed by atoms with Gasteiger partial charge in [-0.15, -0.1) is 0 Å². The molecule has 1 amide bonds. The van der Waals surface area contributed by atoms with E-state index in [2.05, 4.69) is 43.4 Å². The van der Waals surface area contributed by atoms with Gasteiger partial charge in [0.2, 0.25) is 0 Å². The van der Waals surface area contributed by atoms with E-state index in [1.165, 1.54) is 16.9 Å². The fourth-order valence-corrected chi connectivity index (χ4v) is 4.49. The van der Waals surface area contributed by atoms with Gasteiger partial charge in [0, 0.05) is 31.5 Å². The second-order valence-corrected chi connectivity index (χ2v) is 7.74. The summed E-state index contributed by atoms with van der Waals surface area (Å²) >= 11 is 1.32. The minimum atomic E-state index is -0.141. The van der Waals surface area contributed by atoms with Crippen molar-refractivity contribution in [3.63, 3.8) is 0 Å². The first-order valence-electron chi connectivity index (χ1n) is 9.15. The van der Waals surface area contributed by atoms with Crippen LogP contribution in [-0.2, 0) is 11.2 Å². The van der Waals surface area contributed by atoms with Crippen LogP contribution in [-0.4, -0.2) is 46.7 Å². The first-order chi connectivity index (χ1) is 13.3. The summed E-state index contributed by atoms with van der Waals surface area (Å²) in [5.41, 5.74) is 3.15. The van der Waals surface area contributed by atoms with Gasteiger partial charge < -0.3 is 15.0 Å². The van der Waals surface area contributed by atoms with E-state index in [0.717, 1.165) is 42.1 Å². The lowest BCUT2D eigenvalue weighted by atomic mass is 10.1. The van der Waals surface area contributed by atoms with Crippen molar-refractivity contribution >= 4 is 39.1 Å². The normalized spacial score (nSPS) is 17.3. The summed E-state index contributed by atoms with van der Waals surface area (Å²) in [6, 6.07) is 8.47. The van der Waals surface area contributed by atoms with Crippen LogP contribution >= 0.6 is 11.3 Å². The molecule has 138 valence electrons. The number of benzene rings is 1. The molecule has 2 aliphatic heterocycles. The van der Waals surface area contributed by atoms with E-state index in [-0.39, 0.29) is 11.9 Å². The van der Waals surface area contributed by atoms with Crippen LogP contribution in [0.3, 0.4) is 0 Å². The Balaban J connectivity index is 1.46. The van der Waals surface area contributed by atoms with Crippen molar-refractivity contribution < 1.29 is 9.53 Å². The number of hydrogen-bond acceptors (Lipinski definition) is 7. The van der Waals surface area contributed by atoms with E-state index in [9.17, 15) is 4.79 Å². The van der Waals surface area contributed by atoms with E-state index in [1.807, 2.05) is 6.07 Å². The van der Waals surface area contributed by atoms with Crippen molar-refractivity contribution in [2.24, 2.45) is 0 Å². The Morgan fingerprint density at radius 2 is 2.07 bits per heavy atom.